The molecule has 2 N–H and O–H groups in total. The number of aromatic hydroxyl groups is 1. The number of aromatic nitrogens is 2. The van der Waals surface area contributed by atoms with Gasteiger partial charge in [0.05, 0.1) is 11.4 Å². The summed E-state index contributed by atoms with van der Waals surface area (Å²) in [7, 11) is 3.85. The van der Waals surface area contributed by atoms with E-state index in [0.717, 1.165) is 5.69 Å². The minimum absolute atomic E-state index is 0.0503. The van der Waals surface area contributed by atoms with Gasteiger partial charge in [0.1, 0.15) is 11.4 Å². The maximum absolute atomic E-state index is 12.7. The first kappa shape index (κ1) is 16.3. The van der Waals surface area contributed by atoms with E-state index in [4.69, 9.17) is 11.6 Å². The van der Waals surface area contributed by atoms with E-state index in [0.29, 0.717) is 22.9 Å². The van der Waals surface area contributed by atoms with E-state index in [1.165, 1.54) is 12.1 Å². The minimum Gasteiger partial charge on any atom is -0.506 e. The molecule has 2 heterocycles. The second kappa shape index (κ2) is 6.51. The average Bonchev–Trinajstić information content (AvgIpc) is 2.89. The quantitative estimate of drug-likeness (QED) is 0.714. The van der Waals surface area contributed by atoms with Crippen molar-refractivity contribution in [1.29, 1.82) is 0 Å². The van der Waals surface area contributed by atoms with Crippen molar-refractivity contribution in [1.82, 2.24) is 14.3 Å². The number of hydrogen-bond acceptors (Lipinski definition) is 4. The number of imidazole rings is 1. The van der Waals surface area contributed by atoms with Crippen LogP contribution < -0.4 is 5.32 Å². The van der Waals surface area contributed by atoms with Gasteiger partial charge >= 0.3 is 0 Å². The third kappa shape index (κ3) is 3.20. The Morgan fingerprint density at radius 1 is 1.33 bits per heavy atom. The van der Waals surface area contributed by atoms with Crippen molar-refractivity contribution in [2.45, 2.75) is 6.54 Å². The Balaban J connectivity index is 2.01. The summed E-state index contributed by atoms with van der Waals surface area (Å²) in [6.45, 7) is 0.551. The Morgan fingerprint density at radius 2 is 2.12 bits per heavy atom. The second-order valence-electron chi connectivity index (χ2n) is 5.69. The molecule has 0 unspecified atom stereocenters. The lowest BCUT2D eigenvalue weighted by Crippen LogP contribution is -2.19. The van der Waals surface area contributed by atoms with Gasteiger partial charge in [-0.25, -0.2) is 4.98 Å². The number of halogens is 1. The Bertz CT molecular complexity index is 905. The van der Waals surface area contributed by atoms with Crippen LogP contribution in [0.1, 0.15) is 16.2 Å². The van der Waals surface area contributed by atoms with Gasteiger partial charge in [0, 0.05) is 17.8 Å². The first-order chi connectivity index (χ1) is 11.5. The highest BCUT2D eigenvalue weighted by molar-refractivity contribution is 6.31. The van der Waals surface area contributed by atoms with Gasteiger partial charge in [-0.1, -0.05) is 17.7 Å². The third-order valence-electron chi connectivity index (χ3n) is 3.52. The molecular formula is C17H17ClN4O2. The summed E-state index contributed by atoms with van der Waals surface area (Å²) in [6.07, 6.45) is 1.87. The molecule has 0 saturated carbocycles. The van der Waals surface area contributed by atoms with Crippen molar-refractivity contribution in [3.63, 3.8) is 0 Å². The molecule has 0 bridgehead atoms. The van der Waals surface area contributed by atoms with E-state index in [1.807, 2.05) is 47.8 Å². The van der Waals surface area contributed by atoms with Gasteiger partial charge in [0.25, 0.3) is 5.91 Å². The Labute approximate surface area is 144 Å². The van der Waals surface area contributed by atoms with Gasteiger partial charge < -0.3 is 19.7 Å². The number of amides is 1. The number of phenols is 1. The Morgan fingerprint density at radius 3 is 2.88 bits per heavy atom. The highest BCUT2D eigenvalue weighted by atomic mass is 35.5. The van der Waals surface area contributed by atoms with Gasteiger partial charge in [0.2, 0.25) is 0 Å². The number of carbonyl (C=O) groups is 1. The Kier molecular flexibility index (Phi) is 4.42. The smallest absolute Gasteiger partial charge is 0.276 e. The third-order valence-corrected chi connectivity index (χ3v) is 3.75. The standard InChI is InChI=1S/C17H17ClN4O2/c1-21(2)10-13-16(20-15-5-3-4-8-22(13)15)17(24)19-12-9-11(18)6-7-14(12)23/h3-9,23H,10H2,1-2H3,(H,19,24). The first-order valence-corrected chi connectivity index (χ1v) is 7.74. The molecule has 124 valence electrons. The maximum Gasteiger partial charge on any atom is 0.276 e. The van der Waals surface area contributed by atoms with Crippen molar-refractivity contribution in [2.75, 3.05) is 19.4 Å². The number of fused-ring (bicyclic) bond motifs is 1. The molecule has 0 spiro atoms. The van der Waals surface area contributed by atoms with Gasteiger partial charge in [-0.05, 0) is 44.4 Å². The molecule has 0 aliphatic rings. The van der Waals surface area contributed by atoms with Crippen LogP contribution in [0.5, 0.6) is 5.75 Å². The highest BCUT2D eigenvalue weighted by Crippen LogP contribution is 2.27. The molecule has 0 saturated heterocycles. The fraction of sp³-hybridized carbons (Fsp3) is 0.176. The van der Waals surface area contributed by atoms with E-state index >= 15 is 0 Å². The molecule has 6 nitrogen and oxygen atoms in total. The maximum atomic E-state index is 12.7. The van der Waals surface area contributed by atoms with Gasteiger partial charge in [-0.15, -0.1) is 0 Å². The van der Waals surface area contributed by atoms with Crippen molar-refractivity contribution in [3.8, 4) is 5.75 Å². The number of nitrogens with zero attached hydrogens (tertiary/aromatic N) is 3. The highest BCUT2D eigenvalue weighted by Gasteiger charge is 2.20. The molecule has 0 radical (unpaired) electrons. The van der Waals surface area contributed by atoms with E-state index < -0.39 is 5.91 Å². The lowest BCUT2D eigenvalue weighted by Gasteiger charge is -2.12. The predicted molar refractivity (Wildman–Crippen MR) is 93.7 cm³/mol. The van der Waals surface area contributed by atoms with Gasteiger partial charge in [0.15, 0.2) is 5.69 Å². The summed E-state index contributed by atoms with van der Waals surface area (Å²) in [5, 5.41) is 13.0. The molecule has 1 aromatic carbocycles. The summed E-state index contributed by atoms with van der Waals surface area (Å²) >= 11 is 5.92. The number of nitrogens with one attached hydrogen (secondary N) is 1. The number of anilines is 1. The summed E-state index contributed by atoms with van der Waals surface area (Å²) in [5.41, 5.74) is 2.03. The van der Waals surface area contributed by atoms with Crippen molar-refractivity contribution >= 4 is 28.8 Å². The molecule has 7 heteroatoms. The molecule has 0 fully saturated rings. The lowest BCUT2D eigenvalue weighted by atomic mass is 10.2. The largest absolute Gasteiger partial charge is 0.506 e. The molecular weight excluding hydrogens is 328 g/mol. The van der Waals surface area contributed by atoms with Crippen LogP contribution in [0, 0.1) is 0 Å². The van der Waals surface area contributed by atoms with Crippen LogP contribution >= 0.6 is 11.6 Å². The average molecular weight is 345 g/mol. The van der Waals surface area contributed by atoms with Crippen molar-refractivity contribution in [3.05, 3.63) is 59.0 Å². The molecule has 0 aliphatic carbocycles. The second-order valence-corrected chi connectivity index (χ2v) is 6.13. The molecule has 2 aromatic heterocycles. The van der Waals surface area contributed by atoms with Crippen LogP contribution in [0.3, 0.4) is 0 Å². The number of rotatable bonds is 4. The molecule has 3 aromatic rings. The molecule has 0 atom stereocenters. The zero-order valence-corrected chi connectivity index (χ0v) is 14.1. The lowest BCUT2D eigenvalue weighted by molar-refractivity contribution is 0.102. The number of pyridine rings is 1. The van der Waals surface area contributed by atoms with Crippen LogP contribution in [0.15, 0.2) is 42.6 Å². The van der Waals surface area contributed by atoms with E-state index in [9.17, 15) is 9.90 Å². The fourth-order valence-electron chi connectivity index (χ4n) is 2.47. The monoisotopic (exact) mass is 344 g/mol. The zero-order valence-electron chi connectivity index (χ0n) is 13.3. The predicted octanol–water partition coefficient (Wildman–Crippen LogP) is 3.01. The van der Waals surface area contributed by atoms with Crippen LogP contribution in [0.4, 0.5) is 5.69 Å². The first-order valence-electron chi connectivity index (χ1n) is 7.36. The van der Waals surface area contributed by atoms with Gasteiger partial charge in [-0.2, -0.15) is 0 Å². The van der Waals surface area contributed by atoms with Crippen LogP contribution in [-0.2, 0) is 6.54 Å². The number of phenolic OH excluding ortho intramolecular Hbond substituents is 1. The molecule has 3 rings (SSSR count). The topological polar surface area (TPSA) is 69.9 Å². The summed E-state index contributed by atoms with van der Waals surface area (Å²) < 4.78 is 1.88. The minimum atomic E-state index is -0.395. The fourth-order valence-corrected chi connectivity index (χ4v) is 2.64. The SMILES string of the molecule is CN(C)Cc1c(C(=O)Nc2cc(Cl)ccc2O)nc2ccccn12. The van der Waals surface area contributed by atoms with Crippen molar-refractivity contribution in [2.24, 2.45) is 0 Å². The summed E-state index contributed by atoms with van der Waals surface area (Å²) in [6, 6.07) is 10.1. The number of hydrogen-bond donors (Lipinski definition) is 2. The van der Waals surface area contributed by atoms with Crippen LogP contribution in [0.25, 0.3) is 5.65 Å². The summed E-state index contributed by atoms with van der Waals surface area (Å²) in [5.74, 6) is -0.446. The number of carbonyl (C=O) groups excluding carboxylic acids is 1. The van der Waals surface area contributed by atoms with Gasteiger partial charge in [-0.3, -0.25) is 4.79 Å². The molecule has 1 amide bonds. The van der Waals surface area contributed by atoms with Crippen LogP contribution in [0.2, 0.25) is 5.02 Å². The Hall–Kier alpha value is -2.57. The van der Waals surface area contributed by atoms with Crippen molar-refractivity contribution < 1.29 is 9.90 Å². The van der Waals surface area contributed by atoms with Crippen LogP contribution in [-0.4, -0.2) is 39.4 Å². The summed E-state index contributed by atoms with van der Waals surface area (Å²) in [4.78, 5) is 19.1. The van der Waals surface area contributed by atoms with E-state index in [1.54, 1.807) is 6.07 Å². The van der Waals surface area contributed by atoms with E-state index in [2.05, 4.69) is 10.3 Å². The van der Waals surface area contributed by atoms with E-state index in [-0.39, 0.29) is 11.4 Å². The molecule has 24 heavy (non-hydrogen) atoms. The normalized spacial score (nSPS) is 11.2. The number of benzene rings is 1. The zero-order chi connectivity index (χ0) is 17.3. The molecule has 0 aliphatic heterocycles.